The van der Waals surface area contributed by atoms with Gasteiger partial charge in [-0.15, -0.1) is 6.58 Å². The van der Waals surface area contributed by atoms with Gasteiger partial charge in [0.25, 0.3) is 0 Å². The molecule has 6 nitrogen and oxygen atoms in total. The fourth-order valence-electron chi connectivity index (χ4n) is 1.46. The largest absolute Gasteiger partial charge is 0.478 e. The van der Waals surface area contributed by atoms with E-state index < -0.39 is 5.97 Å². The summed E-state index contributed by atoms with van der Waals surface area (Å²) >= 11 is 0. The summed E-state index contributed by atoms with van der Waals surface area (Å²) in [5.74, 6) is -0.996. The number of carbonyl (C=O) groups is 1. The predicted octanol–water partition coefficient (Wildman–Crippen LogP) is 0.229. The van der Waals surface area contributed by atoms with E-state index in [1.54, 1.807) is 12.1 Å². The summed E-state index contributed by atoms with van der Waals surface area (Å²) in [6, 6.07) is 1.66. The van der Waals surface area contributed by atoms with Crippen LogP contribution in [0.1, 0.15) is 22.3 Å². The number of nitrogens with one attached hydrogen (secondary N) is 2. The lowest BCUT2D eigenvalue weighted by molar-refractivity contribution is 0.0695. The van der Waals surface area contributed by atoms with Crippen LogP contribution in [0.15, 0.2) is 30.0 Å². The maximum absolute atomic E-state index is 11.0. The molecule has 0 aliphatic carbocycles. The molecule has 98 valence electrons. The maximum Gasteiger partial charge on any atom is 0.337 e. The topological polar surface area (TPSA) is 97.7 Å². The van der Waals surface area contributed by atoms with Crippen molar-refractivity contribution in [2.45, 2.75) is 12.8 Å². The van der Waals surface area contributed by atoms with Crippen molar-refractivity contribution in [3.63, 3.8) is 0 Å². The molecule has 18 heavy (non-hydrogen) atoms. The van der Waals surface area contributed by atoms with Crippen LogP contribution in [0.3, 0.4) is 0 Å². The SMILES string of the molecule is C=CCNN=c1cc(CCCO)c(C(=O)O)c[nH]1. The molecule has 1 heterocycles. The summed E-state index contributed by atoms with van der Waals surface area (Å²) < 4.78 is 0. The lowest BCUT2D eigenvalue weighted by Crippen LogP contribution is -2.18. The molecule has 1 aromatic rings. The number of carboxylic acids is 1. The molecule has 0 saturated heterocycles. The molecule has 1 aromatic heterocycles. The molecule has 0 amide bonds. The number of rotatable bonds is 7. The summed E-state index contributed by atoms with van der Waals surface area (Å²) in [4.78, 5) is 13.8. The first-order valence-electron chi connectivity index (χ1n) is 5.62. The standard InChI is InChI=1S/C12H17N3O3/c1-2-5-14-15-11-7-9(4-3-6-16)10(8-13-11)12(17)18/h2,7-8,14,16H,1,3-6H2,(H,13,15)(H,17,18). The number of nitrogens with zero attached hydrogens (tertiary/aromatic N) is 1. The van der Waals surface area contributed by atoms with Crippen molar-refractivity contribution in [1.29, 1.82) is 0 Å². The van der Waals surface area contributed by atoms with Gasteiger partial charge in [0.15, 0.2) is 0 Å². The van der Waals surface area contributed by atoms with Crippen LogP contribution in [-0.2, 0) is 6.42 Å². The quantitative estimate of drug-likeness (QED) is 0.317. The minimum atomic E-state index is -0.996. The van der Waals surface area contributed by atoms with Gasteiger partial charge in [0.2, 0.25) is 0 Å². The zero-order valence-electron chi connectivity index (χ0n) is 10.0. The van der Waals surface area contributed by atoms with Gasteiger partial charge in [0.05, 0.1) is 12.1 Å². The number of aromatic amines is 1. The Kier molecular flexibility index (Phi) is 5.66. The second kappa shape index (κ2) is 7.29. The number of carboxylic acid groups (broad SMARTS) is 1. The molecule has 0 unspecified atom stereocenters. The number of H-pyrrole nitrogens is 1. The van der Waals surface area contributed by atoms with Crippen molar-refractivity contribution in [3.05, 3.63) is 41.5 Å². The van der Waals surface area contributed by atoms with Crippen LogP contribution in [0.25, 0.3) is 0 Å². The third-order valence-electron chi connectivity index (χ3n) is 2.29. The van der Waals surface area contributed by atoms with E-state index in [1.165, 1.54) is 6.20 Å². The number of pyridine rings is 1. The molecule has 0 aromatic carbocycles. The molecule has 4 N–H and O–H groups in total. The second-order valence-electron chi connectivity index (χ2n) is 3.65. The molecule has 0 aliphatic heterocycles. The number of aromatic nitrogens is 1. The van der Waals surface area contributed by atoms with Gasteiger partial charge in [-0.2, -0.15) is 5.10 Å². The predicted molar refractivity (Wildman–Crippen MR) is 66.9 cm³/mol. The Hall–Kier alpha value is -2.08. The average Bonchev–Trinajstić information content (AvgIpc) is 2.36. The molecule has 1 rings (SSSR count). The molecule has 0 spiro atoms. The van der Waals surface area contributed by atoms with Gasteiger partial charge in [-0.3, -0.25) is 0 Å². The number of aryl methyl sites for hydroxylation is 1. The van der Waals surface area contributed by atoms with Crippen LogP contribution in [0.5, 0.6) is 0 Å². The van der Waals surface area contributed by atoms with E-state index in [0.717, 1.165) is 0 Å². The van der Waals surface area contributed by atoms with Gasteiger partial charge < -0.3 is 20.6 Å². The highest BCUT2D eigenvalue weighted by molar-refractivity contribution is 5.88. The van der Waals surface area contributed by atoms with E-state index in [4.69, 9.17) is 10.2 Å². The van der Waals surface area contributed by atoms with Crippen LogP contribution in [0, 0.1) is 0 Å². The molecule has 0 saturated carbocycles. The molecule has 0 radical (unpaired) electrons. The highest BCUT2D eigenvalue weighted by Gasteiger charge is 2.09. The van der Waals surface area contributed by atoms with E-state index in [-0.39, 0.29) is 12.2 Å². The van der Waals surface area contributed by atoms with E-state index in [2.05, 4.69) is 22.1 Å². The Morgan fingerprint density at radius 3 is 3.00 bits per heavy atom. The van der Waals surface area contributed by atoms with Gasteiger partial charge in [-0.25, -0.2) is 4.79 Å². The van der Waals surface area contributed by atoms with Gasteiger partial charge in [-0.05, 0) is 24.5 Å². The van der Waals surface area contributed by atoms with E-state index in [9.17, 15) is 4.79 Å². The average molecular weight is 251 g/mol. The highest BCUT2D eigenvalue weighted by Crippen LogP contribution is 2.07. The fourth-order valence-corrected chi connectivity index (χ4v) is 1.46. The third-order valence-corrected chi connectivity index (χ3v) is 2.29. The van der Waals surface area contributed by atoms with Gasteiger partial charge in [0.1, 0.15) is 5.49 Å². The van der Waals surface area contributed by atoms with E-state index in [0.29, 0.717) is 30.4 Å². The van der Waals surface area contributed by atoms with Crippen molar-refractivity contribution in [2.24, 2.45) is 5.10 Å². The van der Waals surface area contributed by atoms with Crippen LogP contribution in [0.2, 0.25) is 0 Å². The maximum atomic E-state index is 11.0. The first-order chi connectivity index (χ1) is 8.69. The summed E-state index contributed by atoms with van der Waals surface area (Å²) in [6.45, 7) is 4.10. The number of hydrogen-bond acceptors (Lipinski definition) is 4. The lowest BCUT2D eigenvalue weighted by atomic mass is 10.1. The van der Waals surface area contributed by atoms with Crippen molar-refractivity contribution in [3.8, 4) is 0 Å². The molecule has 6 heteroatoms. The smallest absolute Gasteiger partial charge is 0.337 e. The fraction of sp³-hybridized carbons (Fsp3) is 0.333. The molecular formula is C12H17N3O3. The normalized spacial score (nSPS) is 11.3. The Labute approximate surface area is 105 Å². The van der Waals surface area contributed by atoms with Crippen molar-refractivity contribution < 1.29 is 15.0 Å². The molecular weight excluding hydrogens is 234 g/mol. The molecule has 0 atom stereocenters. The van der Waals surface area contributed by atoms with E-state index >= 15 is 0 Å². The van der Waals surface area contributed by atoms with Crippen LogP contribution >= 0.6 is 0 Å². The molecule has 0 bridgehead atoms. The summed E-state index contributed by atoms with van der Waals surface area (Å²) in [6.07, 6.45) is 4.09. The number of hydrogen-bond donors (Lipinski definition) is 4. The summed E-state index contributed by atoms with van der Waals surface area (Å²) in [7, 11) is 0. The number of aliphatic hydroxyl groups excluding tert-OH is 1. The monoisotopic (exact) mass is 251 g/mol. The molecule has 0 aliphatic rings. The van der Waals surface area contributed by atoms with Gasteiger partial charge >= 0.3 is 5.97 Å². The van der Waals surface area contributed by atoms with Gasteiger partial charge in [-0.1, -0.05) is 6.08 Å². The number of aliphatic hydroxyl groups is 1. The lowest BCUT2D eigenvalue weighted by Gasteiger charge is -2.05. The second-order valence-corrected chi connectivity index (χ2v) is 3.65. The summed E-state index contributed by atoms with van der Waals surface area (Å²) in [5.41, 5.74) is 4.15. The van der Waals surface area contributed by atoms with Gasteiger partial charge in [0, 0.05) is 12.8 Å². The zero-order chi connectivity index (χ0) is 13.4. The Balaban J connectivity index is 3.00. The minimum absolute atomic E-state index is 0.0266. The van der Waals surface area contributed by atoms with Crippen LogP contribution < -0.4 is 10.9 Å². The van der Waals surface area contributed by atoms with Crippen LogP contribution in [0.4, 0.5) is 0 Å². The highest BCUT2D eigenvalue weighted by atomic mass is 16.4. The van der Waals surface area contributed by atoms with Crippen molar-refractivity contribution in [1.82, 2.24) is 10.4 Å². The number of aromatic carboxylic acids is 1. The van der Waals surface area contributed by atoms with E-state index in [1.807, 2.05) is 0 Å². The Morgan fingerprint density at radius 1 is 1.61 bits per heavy atom. The minimum Gasteiger partial charge on any atom is -0.478 e. The van der Waals surface area contributed by atoms with Crippen molar-refractivity contribution >= 4 is 5.97 Å². The van der Waals surface area contributed by atoms with Crippen molar-refractivity contribution in [2.75, 3.05) is 13.2 Å². The zero-order valence-corrected chi connectivity index (χ0v) is 10.0. The molecule has 0 fully saturated rings. The summed E-state index contributed by atoms with van der Waals surface area (Å²) in [5, 5.41) is 21.9. The van der Waals surface area contributed by atoms with Crippen LogP contribution in [-0.4, -0.2) is 34.3 Å². The Bertz CT molecular complexity index is 480. The Morgan fingerprint density at radius 2 is 2.39 bits per heavy atom. The third kappa shape index (κ3) is 4.06. The first kappa shape index (κ1) is 14.0. The first-order valence-corrected chi connectivity index (χ1v) is 5.62.